The van der Waals surface area contributed by atoms with Gasteiger partial charge in [0.15, 0.2) is 0 Å². The van der Waals surface area contributed by atoms with Crippen LogP contribution in [0.1, 0.15) is 23.2 Å². The largest absolute Gasteiger partial charge is 0.497 e. The number of nitrogens with zero attached hydrogens (tertiary/aromatic N) is 1. The number of hydrogen-bond acceptors (Lipinski definition) is 4. The maximum Gasteiger partial charge on any atom is 0.260 e. The van der Waals surface area contributed by atoms with E-state index in [2.05, 4.69) is 0 Å². The molecule has 0 saturated carbocycles. The molecule has 1 aliphatic heterocycles. The van der Waals surface area contributed by atoms with E-state index < -0.39 is 5.82 Å². The van der Waals surface area contributed by atoms with Gasteiger partial charge in [0.2, 0.25) is 0 Å². The number of amides is 1. The SMILES string of the molecule is COc1cccc(OCC2CCCN(C(=O)c3c(F)cccc3OC)C2)c1. The van der Waals surface area contributed by atoms with Gasteiger partial charge in [-0.2, -0.15) is 0 Å². The fourth-order valence-electron chi connectivity index (χ4n) is 3.33. The number of benzene rings is 2. The van der Waals surface area contributed by atoms with Gasteiger partial charge in [-0.05, 0) is 37.1 Å². The molecule has 0 aliphatic carbocycles. The number of methoxy groups -OCH3 is 2. The van der Waals surface area contributed by atoms with Crippen LogP contribution in [0.15, 0.2) is 42.5 Å². The third-order valence-electron chi connectivity index (χ3n) is 4.74. The Hall–Kier alpha value is -2.76. The van der Waals surface area contributed by atoms with Crippen molar-refractivity contribution in [3.63, 3.8) is 0 Å². The van der Waals surface area contributed by atoms with E-state index in [1.807, 2.05) is 24.3 Å². The van der Waals surface area contributed by atoms with Gasteiger partial charge in [0.25, 0.3) is 5.91 Å². The van der Waals surface area contributed by atoms with E-state index in [9.17, 15) is 9.18 Å². The molecular formula is C21H24FNO4. The first-order chi connectivity index (χ1) is 13.1. The Kier molecular flexibility index (Phi) is 6.16. The molecule has 1 heterocycles. The number of piperidine rings is 1. The van der Waals surface area contributed by atoms with E-state index in [1.165, 1.54) is 19.2 Å². The molecule has 1 unspecified atom stereocenters. The molecule has 5 nitrogen and oxygen atoms in total. The minimum absolute atomic E-state index is 0.00522. The number of halogens is 1. The number of hydrogen-bond donors (Lipinski definition) is 0. The van der Waals surface area contributed by atoms with E-state index in [0.717, 1.165) is 24.3 Å². The van der Waals surface area contributed by atoms with Gasteiger partial charge in [0.1, 0.15) is 28.6 Å². The van der Waals surface area contributed by atoms with Gasteiger partial charge in [-0.15, -0.1) is 0 Å². The topological polar surface area (TPSA) is 48.0 Å². The maximum absolute atomic E-state index is 14.2. The highest BCUT2D eigenvalue weighted by Crippen LogP contribution is 2.26. The average Bonchev–Trinajstić information content (AvgIpc) is 2.72. The van der Waals surface area contributed by atoms with E-state index in [1.54, 1.807) is 18.1 Å². The lowest BCUT2D eigenvalue weighted by Crippen LogP contribution is -2.42. The first-order valence-corrected chi connectivity index (χ1v) is 9.01. The van der Waals surface area contributed by atoms with Crippen molar-refractivity contribution in [2.45, 2.75) is 12.8 Å². The monoisotopic (exact) mass is 373 g/mol. The van der Waals surface area contributed by atoms with E-state index in [-0.39, 0.29) is 23.1 Å². The number of carbonyl (C=O) groups excluding carboxylic acids is 1. The van der Waals surface area contributed by atoms with Crippen LogP contribution in [0, 0.1) is 11.7 Å². The summed E-state index contributed by atoms with van der Waals surface area (Å²) in [5, 5.41) is 0. The Morgan fingerprint density at radius 3 is 2.70 bits per heavy atom. The van der Waals surface area contributed by atoms with Crippen molar-refractivity contribution < 1.29 is 23.4 Å². The van der Waals surface area contributed by atoms with E-state index >= 15 is 0 Å². The summed E-state index contributed by atoms with van der Waals surface area (Å²) in [7, 11) is 3.05. The van der Waals surface area contributed by atoms with Crippen LogP contribution in [0.25, 0.3) is 0 Å². The summed E-state index contributed by atoms with van der Waals surface area (Å²) in [6, 6.07) is 11.8. The Morgan fingerprint density at radius 1 is 1.15 bits per heavy atom. The molecule has 1 aliphatic rings. The molecular weight excluding hydrogens is 349 g/mol. The summed E-state index contributed by atoms with van der Waals surface area (Å²) in [6.45, 7) is 1.62. The van der Waals surface area contributed by atoms with Gasteiger partial charge >= 0.3 is 0 Å². The summed E-state index contributed by atoms with van der Waals surface area (Å²) < 4.78 is 30.5. The van der Waals surface area contributed by atoms with Crippen molar-refractivity contribution in [2.75, 3.05) is 33.9 Å². The van der Waals surface area contributed by atoms with Crippen molar-refractivity contribution in [3.05, 3.63) is 53.8 Å². The van der Waals surface area contributed by atoms with Crippen molar-refractivity contribution in [1.29, 1.82) is 0 Å². The standard InChI is InChI=1S/C21H24FNO4/c1-25-16-7-3-8-17(12-16)27-14-15-6-5-11-23(13-15)21(24)20-18(22)9-4-10-19(20)26-2/h3-4,7-10,12,15H,5-6,11,13-14H2,1-2H3. The van der Waals surface area contributed by atoms with Gasteiger partial charge in [-0.25, -0.2) is 4.39 Å². The Labute approximate surface area is 158 Å². The second kappa shape index (κ2) is 8.75. The third-order valence-corrected chi connectivity index (χ3v) is 4.74. The van der Waals surface area contributed by atoms with Crippen LogP contribution in [0.4, 0.5) is 4.39 Å². The average molecular weight is 373 g/mol. The van der Waals surface area contributed by atoms with Gasteiger partial charge in [0.05, 0.1) is 20.8 Å². The minimum Gasteiger partial charge on any atom is -0.497 e. The normalized spacial score (nSPS) is 16.7. The molecule has 144 valence electrons. The van der Waals surface area contributed by atoms with Gasteiger partial charge in [0, 0.05) is 25.1 Å². The molecule has 1 amide bonds. The van der Waals surface area contributed by atoms with Crippen LogP contribution >= 0.6 is 0 Å². The lowest BCUT2D eigenvalue weighted by molar-refractivity contribution is 0.0625. The zero-order valence-corrected chi connectivity index (χ0v) is 15.6. The molecule has 3 rings (SSSR count). The molecule has 0 aromatic heterocycles. The molecule has 6 heteroatoms. The first kappa shape index (κ1) is 19.0. The lowest BCUT2D eigenvalue weighted by Gasteiger charge is -2.33. The molecule has 27 heavy (non-hydrogen) atoms. The molecule has 0 N–H and O–H groups in total. The summed E-state index contributed by atoms with van der Waals surface area (Å²) in [4.78, 5) is 14.5. The van der Waals surface area contributed by atoms with Crippen LogP contribution in [0.3, 0.4) is 0 Å². The van der Waals surface area contributed by atoms with Gasteiger partial charge < -0.3 is 19.1 Å². The highest BCUT2D eigenvalue weighted by Gasteiger charge is 2.28. The number of likely N-dealkylation sites (tertiary alicyclic amines) is 1. The van der Waals surface area contributed by atoms with Crippen LogP contribution < -0.4 is 14.2 Å². The van der Waals surface area contributed by atoms with Crippen LogP contribution in [0.2, 0.25) is 0 Å². The molecule has 0 bridgehead atoms. The predicted molar refractivity (Wildman–Crippen MR) is 100 cm³/mol. The molecule has 2 aromatic carbocycles. The zero-order valence-electron chi connectivity index (χ0n) is 15.6. The maximum atomic E-state index is 14.2. The van der Waals surface area contributed by atoms with Gasteiger partial charge in [-0.1, -0.05) is 12.1 Å². The minimum atomic E-state index is -0.561. The van der Waals surface area contributed by atoms with E-state index in [0.29, 0.717) is 19.7 Å². The quantitative estimate of drug-likeness (QED) is 0.773. The number of rotatable bonds is 6. The molecule has 1 atom stereocenters. The Bertz CT molecular complexity index is 796. The molecule has 2 aromatic rings. The Morgan fingerprint density at radius 2 is 1.93 bits per heavy atom. The van der Waals surface area contributed by atoms with Crippen molar-refractivity contribution >= 4 is 5.91 Å². The fraction of sp³-hybridized carbons (Fsp3) is 0.381. The van der Waals surface area contributed by atoms with Crippen molar-refractivity contribution in [1.82, 2.24) is 4.90 Å². The highest BCUT2D eigenvalue weighted by molar-refractivity contribution is 5.97. The highest BCUT2D eigenvalue weighted by atomic mass is 19.1. The second-order valence-electron chi connectivity index (χ2n) is 6.57. The number of carbonyl (C=O) groups is 1. The van der Waals surface area contributed by atoms with E-state index in [4.69, 9.17) is 14.2 Å². The van der Waals surface area contributed by atoms with Crippen molar-refractivity contribution in [3.8, 4) is 17.2 Å². The molecule has 0 radical (unpaired) electrons. The summed E-state index contributed by atoms with van der Waals surface area (Å²) >= 11 is 0. The molecule has 0 spiro atoms. The summed E-state index contributed by atoms with van der Waals surface area (Å²) in [5.41, 5.74) is -0.00522. The first-order valence-electron chi connectivity index (χ1n) is 9.01. The Balaban J connectivity index is 1.65. The summed E-state index contributed by atoms with van der Waals surface area (Å²) in [5.74, 6) is 1.01. The zero-order chi connectivity index (χ0) is 19.2. The fourth-order valence-corrected chi connectivity index (χ4v) is 3.33. The van der Waals surface area contributed by atoms with Crippen LogP contribution in [-0.2, 0) is 0 Å². The smallest absolute Gasteiger partial charge is 0.260 e. The number of ether oxygens (including phenoxy) is 3. The second-order valence-corrected chi connectivity index (χ2v) is 6.57. The van der Waals surface area contributed by atoms with Crippen LogP contribution in [0.5, 0.6) is 17.2 Å². The summed E-state index contributed by atoms with van der Waals surface area (Å²) in [6.07, 6.45) is 1.82. The van der Waals surface area contributed by atoms with Crippen LogP contribution in [-0.4, -0.2) is 44.7 Å². The predicted octanol–water partition coefficient (Wildman–Crippen LogP) is 3.77. The third kappa shape index (κ3) is 4.51. The van der Waals surface area contributed by atoms with Crippen molar-refractivity contribution in [2.24, 2.45) is 5.92 Å². The molecule has 1 fully saturated rings. The van der Waals surface area contributed by atoms with Gasteiger partial charge in [-0.3, -0.25) is 4.79 Å². The lowest BCUT2D eigenvalue weighted by atomic mass is 9.98. The molecule has 1 saturated heterocycles.